The first-order chi connectivity index (χ1) is 13.7. The lowest BCUT2D eigenvalue weighted by Gasteiger charge is -2.32. The number of hydrogen-bond acceptors (Lipinski definition) is 4. The topological polar surface area (TPSA) is 44.8 Å². The summed E-state index contributed by atoms with van der Waals surface area (Å²) in [4.78, 5) is 16.9. The van der Waals surface area contributed by atoms with Gasteiger partial charge in [0.1, 0.15) is 5.82 Å². The van der Waals surface area contributed by atoms with E-state index in [0.29, 0.717) is 26.2 Å². The molecule has 1 N–H and O–H groups in total. The van der Waals surface area contributed by atoms with Crippen LogP contribution in [0.25, 0.3) is 0 Å². The zero-order valence-electron chi connectivity index (χ0n) is 15.9. The van der Waals surface area contributed by atoms with Crippen LogP contribution in [-0.4, -0.2) is 50.1 Å². The number of anilines is 2. The van der Waals surface area contributed by atoms with Crippen molar-refractivity contribution < 1.29 is 13.9 Å². The molecule has 2 aromatic carbocycles. The summed E-state index contributed by atoms with van der Waals surface area (Å²) in [6.45, 7) is 4.41. The van der Waals surface area contributed by atoms with Crippen molar-refractivity contribution in [3.05, 3.63) is 59.9 Å². The van der Waals surface area contributed by atoms with Crippen LogP contribution >= 0.6 is 0 Å². The van der Waals surface area contributed by atoms with Crippen molar-refractivity contribution in [1.29, 1.82) is 0 Å². The molecule has 0 aromatic heterocycles. The molecule has 0 unspecified atom stereocenters. The lowest BCUT2D eigenvalue weighted by molar-refractivity contribution is -0.119. The molecule has 2 aromatic rings. The molecule has 28 heavy (non-hydrogen) atoms. The van der Waals surface area contributed by atoms with Crippen molar-refractivity contribution in [2.45, 2.75) is 18.9 Å². The van der Waals surface area contributed by atoms with Gasteiger partial charge in [-0.1, -0.05) is 12.1 Å². The molecule has 0 saturated carbocycles. The third kappa shape index (κ3) is 4.69. The highest BCUT2D eigenvalue weighted by atomic mass is 19.1. The van der Waals surface area contributed by atoms with Crippen LogP contribution in [0.1, 0.15) is 24.5 Å². The number of morpholine rings is 1. The Balaban J connectivity index is 1.30. The van der Waals surface area contributed by atoms with E-state index in [4.69, 9.17) is 4.74 Å². The smallest absolute Gasteiger partial charge is 0.238 e. The van der Waals surface area contributed by atoms with Gasteiger partial charge in [-0.15, -0.1) is 0 Å². The van der Waals surface area contributed by atoms with Crippen LogP contribution in [0.5, 0.6) is 0 Å². The number of nitrogens with zero attached hydrogens (tertiary/aromatic N) is 2. The zero-order valence-corrected chi connectivity index (χ0v) is 15.9. The third-order valence-corrected chi connectivity index (χ3v) is 5.38. The number of carbonyl (C=O) groups is 1. The minimum absolute atomic E-state index is 0.0336. The average Bonchev–Trinajstić information content (AvgIpc) is 3.24. The lowest BCUT2D eigenvalue weighted by atomic mass is 10.1. The molecule has 0 aliphatic carbocycles. The van der Waals surface area contributed by atoms with Gasteiger partial charge in [0, 0.05) is 37.6 Å². The first-order valence-electron chi connectivity index (χ1n) is 9.92. The number of rotatable bonds is 5. The number of nitrogens with one attached hydrogen (secondary N) is 1. The minimum Gasteiger partial charge on any atom is -0.372 e. The minimum atomic E-state index is -0.258. The quantitative estimate of drug-likeness (QED) is 0.859. The van der Waals surface area contributed by atoms with Crippen LogP contribution in [-0.2, 0) is 9.53 Å². The number of ether oxygens (including phenoxy) is 1. The second-order valence-electron chi connectivity index (χ2n) is 7.44. The van der Waals surface area contributed by atoms with Gasteiger partial charge in [0.25, 0.3) is 0 Å². The van der Waals surface area contributed by atoms with Gasteiger partial charge in [-0.2, -0.15) is 0 Å². The lowest BCUT2D eigenvalue weighted by Crippen LogP contribution is -2.42. The van der Waals surface area contributed by atoms with E-state index in [0.717, 1.165) is 24.3 Å². The van der Waals surface area contributed by atoms with Crippen molar-refractivity contribution in [3.8, 4) is 0 Å². The van der Waals surface area contributed by atoms with Gasteiger partial charge < -0.3 is 15.0 Å². The summed E-state index contributed by atoms with van der Waals surface area (Å²) in [6, 6.07) is 14.4. The normalized spacial score (nSPS) is 20.3. The van der Waals surface area contributed by atoms with E-state index >= 15 is 0 Å². The number of amides is 1. The molecule has 1 amide bonds. The highest BCUT2D eigenvalue weighted by Crippen LogP contribution is 2.23. The van der Waals surface area contributed by atoms with Crippen LogP contribution in [0.15, 0.2) is 48.5 Å². The monoisotopic (exact) mass is 383 g/mol. The van der Waals surface area contributed by atoms with E-state index in [1.54, 1.807) is 12.1 Å². The summed E-state index contributed by atoms with van der Waals surface area (Å²) >= 11 is 0. The average molecular weight is 383 g/mol. The number of hydrogen-bond donors (Lipinski definition) is 1. The number of benzene rings is 2. The fourth-order valence-electron chi connectivity index (χ4n) is 3.86. The van der Waals surface area contributed by atoms with Crippen molar-refractivity contribution in [3.63, 3.8) is 0 Å². The van der Waals surface area contributed by atoms with Crippen LogP contribution in [0.4, 0.5) is 15.8 Å². The SMILES string of the molecule is O=C(CN1CCO[C@@H](c2ccc(F)cc2)C1)Nc1ccc(N2CCCC2)cc1. The van der Waals surface area contributed by atoms with Gasteiger partial charge in [0.2, 0.25) is 5.91 Å². The van der Waals surface area contributed by atoms with Gasteiger partial charge in [0.15, 0.2) is 0 Å². The first-order valence-corrected chi connectivity index (χ1v) is 9.92. The molecule has 2 aliphatic heterocycles. The number of halogens is 1. The summed E-state index contributed by atoms with van der Waals surface area (Å²) in [5, 5.41) is 2.98. The Morgan fingerprint density at radius 3 is 2.46 bits per heavy atom. The van der Waals surface area contributed by atoms with Crippen molar-refractivity contribution in [2.24, 2.45) is 0 Å². The maximum Gasteiger partial charge on any atom is 0.238 e. The molecular weight excluding hydrogens is 357 g/mol. The Morgan fingerprint density at radius 2 is 1.75 bits per heavy atom. The summed E-state index contributed by atoms with van der Waals surface area (Å²) < 4.78 is 18.9. The molecule has 2 saturated heterocycles. The molecule has 148 valence electrons. The van der Waals surface area contributed by atoms with E-state index < -0.39 is 0 Å². The molecule has 0 spiro atoms. The van der Waals surface area contributed by atoms with Gasteiger partial charge in [-0.3, -0.25) is 9.69 Å². The second kappa shape index (κ2) is 8.71. The Morgan fingerprint density at radius 1 is 1.04 bits per heavy atom. The predicted octanol–water partition coefficient (Wildman–Crippen LogP) is 3.44. The highest BCUT2D eigenvalue weighted by molar-refractivity contribution is 5.92. The molecule has 4 rings (SSSR count). The van der Waals surface area contributed by atoms with Gasteiger partial charge in [-0.05, 0) is 54.8 Å². The zero-order chi connectivity index (χ0) is 19.3. The standard InChI is InChI=1S/C22H26FN3O2/c23-18-5-3-17(4-6-18)21-15-25(13-14-28-21)16-22(27)24-19-7-9-20(10-8-19)26-11-1-2-12-26/h3-10,21H,1-2,11-16H2,(H,24,27)/t21-/m1/s1. The molecule has 6 heteroatoms. The first kappa shape index (κ1) is 18.9. The van der Waals surface area contributed by atoms with Crippen LogP contribution in [0.2, 0.25) is 0 Å². The maximum absolute atomic E-state index is 13.1. The second-order valence-corrected chi connectivity index (χ2v) is 7.44. The van der Waals surface area contributed by atoms with Gasteiger partial charge >= 0.3 is 0 Å². The van der Waals surface area contributed by atoms with Crippen molar-refractivity contribution >= 4 is 17.3 Å². The Labute approximate surface area is 165 Å². The molecular formula is C22H26FN3O2. The maximum atomic E-state index is 13.1. The summed E-state index contributed by atoms with van der Waals surface area (Å²) in [5.74, 6) is -0.291. The van der Waals surface area contributed by atoms with Gasteiger partial charge in [0.05, 0.1) is 19.3 Å². The Kier molecular flexibility index (Phi) is 5.88. The summed E-state index contributed by atoms with van der Waals surface area (Å²) in [6.07, 6.45) is 2.36. The van der Waals surface area contributed by atoms with Crippen LogP contribution in [0, 0.1) is 5.82 Å². The molecule has 2 aliphatic rings. The summed E-state index contributed by atoms with van der Waals surface area (Å²) in [7, 11) is 0. The molecule has 0 radical (unpaired) electrons. The van der Waals surface area contributed by atoms with Gasteiger partial charge in [-0.25, -0.2) is 4.39 Å². The highest BCUT2D eigenvalue weighted by Gasteiger charge is 2.23. The molecule has 2 fully saturated rings. The fraction of sp³-hybridized carbons (Fsp3) is 0.409. The van der Waals surface area contributed by atoms with E-state index in [-0.39, 0.29) is 17.8 Å². The molecule has 1 atom stereocenters. The van der Waals surface area contributed by atoms with E-state index in [9.17, 15) is 9.18 Å². The van der Waals surface area contributed by atoms with Crippen LogP contribution < -0.4 is 10.2 Å². The molecule has 5 nitrogen and oxygen atoms in total. The van der Waals surface area contributed by atoms with E-state index in [1.807, 2.05) is 12.1 Å². The van der Waals surface area contributed by atoms with Crippen LogP contribution in [0.3, 0.4) is 0 Å². The van der Waals surface area contributed by atoms with E-state index in [2.05, 4.69) is 27.2 Å². The fourth-order valence-corrected chi connectivity index (χ4v) is 3.86. The van der Waals surface area contributed by atoms with Crippen molar-refractivity contribution in [2.75, 3.05) is 49.5 Å². The number of carbonyl (C=O) groups excluding carboxylic acids is 1. The Bertz CT molecular complexity index is 788. The van der Waals surface area contributed by atoms with E-state index in [1.165, 1.54) is 30.7 Å². The summed E-state index contributed by atoms with van der Waals surface area (Å²) in [5.41, 5.74) is 2.96. The largest absolute Gasteiger partial charge is 0.372 e. The third-order valence-electron chi connectivity index (χ3n) is 5.38. The Hall–Kier alpha value is -2.44. The molecule has 2 heterocycles. The predicted molar refractivity (Wildman–Crippen MR) is 108 cm³/mol. The molecule has 0 bridgehead atoms. The van der Waals surface area contributed by atoms with Crippen molar-refractivity contribution in [1.82, 2.24) is 4.90 Å².